The minimum absolute atomic E-state index is 0.0221. The monoisotopic (exact) mass is 506 g/mol. The smallest absolute Gasteiger partial charge is 0.0924 e. The summed E-state index contributed by atoms with van der Waals surface area (Å²) < 4.78 is 25.9. The molecule has 4 heterocycles. The van der Waals surface area contributed by atoms with Crippen LogP contribution in [0.5, 0.6) is 0 Å². The molecule has 0 spiro atoms. The third-order valence-electron chi connectivity index (χ3n) is 9.56. The minimum atomic E-state index is -0.905. The molecule has 4 rings (SSSR count). The predicted molar refractivity (Wildman–Crippen MR) is 141 cm³/mol. The Kier molecular flexibility index (Phi) is 7.92. The Morgan fingerprint density at radius 2 is 1.50 bits per heavy atom. The fourth-order valence-electron chi connectivity index (χ4n) is 6.76. The fourth-order valence-corrected chi connectivity index (χ4v) is 6.76. The molecule has 0 bridgehead atoms. The molecule has 6 nitrogen and oxygen atoms in total. The zero-order valence-corrected chi connectivity index (χ0v) is 23.5. The highest BCUT2D eigenvalue weighted by Crippen LogP contribution is 2.47. The normalized spacial score (nSPS) is 44.3. The lowest BCUT2D eigenvalue weighted by Crippen LogP contribution is -2.58. The third kappa shape index (κ3) is 5.64. The van der Waals surface area contributed by atoms with Gasteiger partial charge in [-0.1, -0.05) is 18.7 Å². The van der Waals surface area contributed by atoms with Crippen LogP contribution >= 0.6 is 0 Å². The Morgan fingerprint density at radius 1 is 0.889 bits per heavy atom. The Labute approximate surface area is 218 Å². The Bertz CT molecular complexity index is 834. The molecule has 206 valence electrons. The first kappa shape index (κ1) is 28.3. The lowest BCUT2D eigenvalue weighted by molar-refractivity contribution is -0.260. The van der Waals surface area contributed by atoms with E-state index in [1.165, 1.54) is 0 Å². The molecular weight excluding hydrogens is 456 g/mol. The molecule has 4 aliphatic heterocycles. The molecule has 9 unspecified atom stereocenters. The molecule has 4 fully saturated rings. The van der Waals surface area contributed by atoms with Gasteiger partial charge in [0.2, 0.25) is 0 Å². The number of aliphatic hydroxyl groups excluding tert-OH is 1. The van der Waals surface area contributed by atoms with Gasteiger partial charge < -0.3 is 29.2 Å². The fraction of sp³-hybridized carbons (Fsp3) is 0.867. The van der Waals surface area contributed by atoms with Crippen molar-refractivity contribution in [2.75, 3.05) is 0 Å². The van der Waals surface area contributed by atoms with Crippen LogP contribution in [-0.4, -0.2) is 69.2 Å². The van der Waals surface area contributed by atoms with Crippen molar-refractivity contribution in [3.05, 3.63) is 24.3 Å². The second-order valence-corrected chi connectivity index (χ2v) is 13.3. The molecule has 0 aromatic rings. The summed E-state index contributed by atoms with van der Waals surface area (Å²) >= 11 is 0. The molecule has 0 amide bonds. The van der Waals surface area contributed by atoms with Gasteiger partial charge >= 0.3 is 0 Å². The van der Waals surface area contributed by atoms with Gasteiger partial charge in [-0.25, -0.2) is 0 Å². The molecule has 0 aromatic carbocycles. The lowest BCUT2D eigenvalue weighted by atomic mass is 9.78. The zero-order valence-electron chi connectivity index (χ0n) is 23.5. The van der Waals surface area contributed by atoms with Gasteiger partial charge in [0, 0.05) is 0 Å². The second kappa shape index (κ2) is 10.1. The molecule has 4 saturated heterocycles. The van der Waals surface area contributed by atoms with Crippen molar-refractivity contribution in [2.24, 2.45) is 0 Å². The van der Waals surface area contributed by atoms with Gasteiger partial charge in [-0.15, -0.1) is 0 Å². The number of ether oxygens (including phenoxy) is 4. The van der Waals surface area contributed by atoms with Gasteiger partial charge in [0.05, 0.1) is 59.0 Å². The minimum Gasteiger partial charge on any atom is -0.390 e. The van der Waals surface area contributed by atoms with Gasteiger partial charge in [0.15, 0.2) is 0 Å². The predicted octanol–water partition coefficient (Wildman–Crippen LogP) is 5.39. The van der Waals surface area contributed by atoms with Crippen LogP contribution in [0.15, 0.2) is 24.3 Å². The summed E-state index contributed by atoms with van der Waals surface area (Å²) in [4.78, 5) is 0. The van der Waals surface area contributed by atoms with E-state index in [0.717, 1.165) is 62.5 Å². The standard InChI is InChI=1S/C30H50O6/c1-19(2)21-13-16-29(7,34-21)26-15-18-30(8)25(33-26)12-10-22(35-30)20(3)9-11-23(31)28(6)17-14-24(36-28)27(4,5)32/h21-26,31-32H,1,3,9-18H2,2,4-8H3. The van der Waals surface area contributed by atoms with Crippen LogP contribution in [0, 0.1) is 0 Å². The maximum absolute atomic E-state index is 11.0. The molecule has 2 N–H and O–H groups in total. The Hall–Kier alpha value is -0.760. The quantitative estimate of drug-likeness (QED) is 0.430. The van der Waals surface area contributed by atoms with Crippen LogP contribution in [0.1, 0.15) is 106 Å². The van der Waals surface area contributed by atoms with Gasteiger partial charge in [-0.3, -0.25) is 0 Å². The van der Waals surface area contributed by atoms with E-state index < -0.39 is 17.3 Å². The molecule has 0 radical (unpaired) electrons. The Balaban J connectivity index is 1.28. The van der Waals surface area contributed by atoms with Gasteiger partial charge in [0.25, 0.3) is 0 Å². The average molecular weight is 507 g/mol. The first-order valence-electron chi connectivity index (χ1n) is 14.1. The van der Waals surface area contributed by atoms with Crippen molar-refractivity contribution in [3.8, 4) is 0 Å². The van der Waals surface area contributed by atoms with Gasteiger partial charge in [-0.05, 0) is 111 Å². The molecule has 4 aliphatic rings. The SMILES string of the molecule is C=C(C)C1CCC(C)(C2CCC3(C)OC(C(=C)CCC(O)C4(C)CCC(C(C)(C)O)O4)CCC3O2)O1. The van der Waals surface area contributed by atoms with Crippen molar-refractivity contribution in [1.82, 2.24) is 0 Å². The highest BCUT2D eigenvalue weighted by molar-refractivity contribution is 5.11. The van der Waals surface area contributed by atoms with Crippen LogP contribution in [0.3, 0.4) is 0 Å². The van der Waals surface area contributed by atoms with E-state index >= 15 is 0 Å². The summed E-state index contributed by atoms with van der Waals surface area (Å²) in [6, 6.07) is 0. The maximum Gasteiger partial charge on any atom is 0.0924 e. The van der Waals surface area contributed by atoms with Crippen molar-refractivity contribution < 1.29 is 29.2 Å². The summed E-state index contributed by atoms with van der Waals surface area (Å²) in [6.45, 7) is 20.4. The molecule has 6 heteroatoms. The second-order valence-electron chi connectivity index (χ2n) is 13.3. The van der Waals surface area contributed by atoms with Crippen molar-refractivity contribution >= 4 is 0 Å². The molecule has 36 heavy (non-hydrogen) atoms. The largest absolute Gasteiger partial charge is 0.390 e. The molecule has 0 aliphatic carbocycles. The average Bonchev–Trinajstić information content (AvgIpc) is 3.41. The van der Waals surface area contributed by atoms with Crippen molar-refractivity contribution in [1.29, 1.82) is 0 Å². The summed E-state index contributed by atoms with van der Waals surface area (Å²) in [5.74, 6) is 0. The van der Waals surface area contributed by atoms with Gasteiger partial charge in [0.1, 0.15) is 0 Å². The number of rotatable bonds is 8. The van der Waals surface area contributed by atoms with Crippen LogP contribution in [0.2, 0.25) is 0 Å². The number of fused-ring (bicyclic) bond motifs is 1. The van der Waals surface area contributed by atoms with E-state index in [1.54, 1.807) is 13.8 Å². The van der Waals surface area contributed by atoms with E-state index in [4.69, 9.17) is 18.9 Å². The molecule has 0 aromatic heterocycles. The summed E-state index contributed by atoms with van der Waals surface area (Å²) in [5, 5.41) is 21.3. The Morgan fingerprint density at radius 3 is 2.08 bits per heavy atom. The first-order chi connectivity index (χ1) is 16.7. The van der Waals surface area contributed by atoms with Crippen molar-refractivity contribution in [2.45, 2.75) is 165 Å². The van der Waals surface area contributed by atoms with E-state index in [9.17, 15) is 10.2 Å². The van der Waals surface area contributed by atoms with E-state index in [0.29, 0.717) is 12.8 Å². The zero-order chi connectivity index (χ0) is 26.5. The maximum atomic E-state index is 11.0. The highest BCUT2D eigenvalue weighted by Gasteiger charge is 2.53. The summed E-state index contributed by atoms with van der Waals surface area (Å²) in [6.07, 6.45) is 7.84. The molecule has 9 atom stereocenters. The van der Waals surface area contributed by atoms with Crippen molar-refractivity contribution in [3.63, 3.8) is 0 Å². The van der Waals surface area contributed by atoms with Crippen LogP contribution in [0.25, 0.3) is 0 Å². The molecule has 0 saturated carbocycles. The third-order valence-corrected chi connectivity index (χ3v) is 9.56. The topological polar surface area (TPSA) is 77.4 Å². The van der Waals surface area contributed by atoms with Crippen LogP contribution in [-0.2, 0) is 18.9 Å². The van der Waals surface area contributed by atoms with E-state index in [-0.39, 0.29) is 41.7 Å². The number of hydrogen-bond donors (Lipinski definition) is 2. The van der Waals surface area contributed by atoms with Gasteiger partial charge in [-0.2, -0.15) is 0 Å². The van der Waals surface area contributed by atoms with E-state index in [1.807, 2.05) is 13.8 Å². The van der Waals surface area contributed by atoms with Crippen LogP contribution in [0.4, 0.5) is 0 Å². The van der Waals surface area contributed by atoms with Crippen LogP contribution < -0.4 is 0 Å². The van der Waals surface area contributed by atoms with E-state index in [2.05, 4.69) is 27.0 Å². The number of hydrogen-bond acceptors (Lipinski definition) is 6. The number of aliphatic hydroxyl groups is 2. The summed E-state index contributed by atoms with van der Waals surface area (Å²) in [5.41, 5.74) is -0.000738. The first-order valence-corrected chi connectivity index (χ1v) is 14.1. The molecular formula is C30H50O6. The lowest BCUT2D eigenvalue weighted by Gasteiger charge is -2.52. The summed E-state index contributed by atoms with van der Waals surface area (Å²) in [7, 11) is 0. The highest BCUT2D eigenvalue weighted by atomic mass is 16.6.